The maximum atomic E-state index is 11.4. The molecule has 2 heterocycles. The third kappa shape index (κ3) is 1.46. The molecule has 3 N–H and O–H groups in total. The zero-order valence-corrected chi connectivity index (χ0v) is 8.45. The van der Waals surface area contributed by atoms with Crippen molar-refractivity contribution in [3.8, 4) is 0 Å². The summed E-state index contributed by atoms with van der Waals surface area (Å²) in [7, 11) is -3.22. The van der Waals surface area contributed by atoms with Crippen LogP contribution in [0.25, 0.3) is 0 Å². The Balaban J connectivity index is 2.50. The highest BCUT2D eigenvalue weighted by atomic mass is 32.2. The van der Waals surface area contributed by atoms with Crippen LogP contribution in [0, 0.1) is 0 Å². The van der Waals surface area contributed by atoms with Gasteiger partial charge < -0.3 is 5.73 Å². The lowest BCUT2D eigenvalue weighted by Crippen LogP contribution is -2.38. The first-order chi connectivity index (χ1) is 6.48. The van der Waals surface area contributed by atoms with Crippen molar-refractivity contribution >= 4 is 15.8 Å². The van der Waals surface area contributed by atoms with E-state index in [1.807, 2.05) is 0 Å². The molecular weight excluding hydrogens is 206 g/mol. The van der Waals surface area contributed by atoms with Crippen LogP contribution in [0.4, 0.5) is 5.95 Å². The van der Waals surface area contributed by atoms with Gasteiger partial charge in [0.2, 0.25) is 5.95 Å². The minimum Gasteiger partial charge on any atom is -0.366 e. The zero-order valence-electron chi connectivity index (χ0n) is 7.64. The number of nitrogen functional groups attached to an aromatic ring is 1. The number of anilines is 1. The van der Waals surface area contributed by atoms with E-state index in [9.17, 15) is 8.42 Å². The molecule has 14 heavy (non-hydrogen) atoms. The predicted molar refractivity (Wildman–Crippen MR) is 50.0 cm³/mol. The molecule has 0 spiro atoms. The van der Waals surface area contributed by atoms with Gasteiger partial charge in [-0.25, -0.2) is 13.1 Å². The van der Waals surface area contributed by atoms with Gasteiger partial charge in [-0.2, -0.15) is 4.98 Å². The van der Waals surface area contributed by atoms with E-state index < -0.39 is 15.2 Å². The molecule has 1 aromatic rings. The van der Waals surface area contributed by atoms with E-state index >= 15 is 0 Å². The molecule has 1 aliphatic rings. The average Bonchev–Trinajstić information content (AvgIpc) is 2.41. The Labute approximate surface area is 81.2 Å². The molecule has 0 saturated heterocycles. The molecule has 78 valence electrons. The summed E-state index contributed by atoms with van der Waals surface area (Å²) in [6.45, 7) is 1.14. The van der Waals surface area contributed by atoms with Crippen molar-refractivity contribution in [3.05, 3.63) is 5.82 Å². The molecule has 8 heteroatoms. The molecule has 1 aromatic heterocycles. The lowest BCUT2D eigenvalue weighted by atomic mass is 10.4. The highest BCUT2D eigenvalue weighted by Crippen LogP contribution is 2.20. The van der Waals surface area contributed by atoms with E-state index in [1.165, 1.54) is 4.68 Å². The summed E-state index contributed by atoms with van der Waals surface area (Å²) >= 11 is 0. The van der Waals surface area contributed by atoms with E-state index in [2.05, 4.69) is 15.4 Å². The first kappa shape index (κ1) is 9.41. The Bertz CT molecular complexity index is 451. The number of nitrogens with two attached hydrogens (primary N) is 1. The second kappa shape index (κ2) is 2.92. The Morgan fingerprint density at radius 1 is 1.64 bits per heavy atom. The third-order valence-electron chi connectivity index (χ3n) is 2.03. The summed E-state index contributed by atoms with van der Waals surface area (Å²) in [5.41, 5.74) is 5.40. The van der Waals surface area contributed by atoms with Gasteiger partial charge in [-0.15, -0.1) is 5.10 Å². The molecule has 0 bridgehead atoms. The summed E-state index contributed by atoms with van der Waals surface area (Å²) in [6.07, 6.45) is 1.16. The Morgan fingerprint density at radius 2 is 2.36 bits per heavy atom. The highest BCUT2D eigenvalue weighted by molar-refractivity contribution is 7.90. The first-order valence-corrected chi connectivity index (χ1v) is 6.06. The van der Waals surface area contributed by atoms with Crippen molar-refractivity contribution in [1.82, 2.24) is 20.1 Å². The van der Waals surface area contributed by atoms with Crippen LogP contribution in [0.3, 0.4) is 0 Å². The number of rotatable bonds is 1. The quantitative estimate of drug-likeness (QED) is 0.594. The Hall–Kier alpha value is -1.15. The van der Waals surface area contributed by atoms with Crippen LogP contribution in [0.15, 0.2) is 0 Å². The van der Waals surface area contributed by atoms with Crippen LogP contribution in [-0.4, -0.2) is 36.0 Å². The van der Waals surface area contributed by atoms with Crippen LogP contribution in [0.1, 0.15) is 11.2 Å². The third-order valence-corrected chi connectivity index (χ3v) is 3.27. The van der Waals surface area contributed by atoms with Gasteiger partial charge >= 0.3 is 0 Å². The maximum Gasteiger partial charge on any atom is 0.239 e. The zero-order chi connectivity index (χ0) is 10.3. The van der Waals surface area contributed by atoms with E-state index in [-0.39, 0.29) is 5.95 Å². The second-order valence-corrected chi connectivity index (χ2v) is 5.35. The minimum absolute atomic E-state index is 0.109. The highest BCUT2D eigenvalue weighted by Gasteiger charge is 2.31. The fourth-order valence-electron chi connectivity index (χ4n) is 1.47. The summed E-state index contributed by atoms with van der Waals surface area (Å²) in [6, 6.07) is 0. The Kier molecular flexibility index (Phi) is 1.96. The summed E-state index contributed by atoms with van der Waals surface area (Å²) < 4.78 is 24.3. The molecule has 1 aliphatic heterocycles. The lowest BCUT2D eigenvalue weighted by Gasteiger charge is -2.21. The largest absolute Gasteiger partial charge is 0.366 e. The molecule has 1 atom stereocenters. The van der Waals surface area contributed by atoms with Gasteiger partial charge in [-0.1, -0.05) is 0 Å². The van der Waals surface area contributed by atoms with Crippen LogP contribution >= 0.6 is 0 Å². The summed E-state index contributed by atoms with van der Waals surface area (Å²) in [4.78, 5) is 3.89. The monoisotopic (exact) mass is 217 g/mol. The molecule has 0 radical (unpaired) electrons. The first-order valence-electron chi connectivity index (χ1n) is 4.11. The number of sulfone groups is 1. The molecule has 7 nitrogen and oxygen atoms in total. The van der Waals surface area contributed by atoms with Gasteiger partial charge in [-0.3, -0.25) is 5.32 Å². The molecular formula is C6H11N5O2S. The molecule has 0 aliphatic carbocycles. The topological polar surface area (TPSA) is 103 Å². The van der Waals surface area contributed by atoms with Crippen LogP contribution in [0.5, 0.6) is 0 Å². The predicted octanol–water partition coefficient (Wildman–Crippen LogP) is -1.49. The number of hydrogen-bond acceptors (Lipinski definition) is 6. The molecule has 1 unspecified atom stereocenters. The van der Waals surface area contributed by atoms with Crippen molar-refractivity contribution in [2.45, 2.75) is 11.9 Å². The second-order valence-electron chi connectivity index (χ2n) is 3.22. The molecule has 0 amide bonds. The van der Waals surface area contributed by atoms with Crippen LogP contribution < -0.4 is 11.1 Å². The smallest absolute Gasteiger partial charge is 0.239 e. The number of nitrogens with zero attached hydrogens (tertiary/aromatic N) is 3. The van der Waals surface area contributed by atoms with Gasteiger partial charge in [-0.05, 0) is 0 Å². The van der Waals surface area contributed by atoms with Gasteiger partial charge in [0.15, 0.2) is 21.0 Å². The van der Waals surface area contributed by atoms with E-state index in [0.717, 1.165) is 6.26 Å². The number of nitrogens with one attached hydrogen (secondary N) is 1. The SMILES string of the molecule is CS(=O)(=O)C1NCCn2nc(N)nc21. The number of aromatic nitrogens is 3. The number of hydrogen-bond donors (Lipinski definition) is 2. The van der Waals surface area contributed by atoms with E-state index in [4.69, 9.17) is 5.73 Å². The molecule has 2 rings (SSSR count). The van der Waals surface area contributed by atoms with Crippen LogP contribution in [0.2, 0.25) is 0 Å². The van der Waals surface area contributed by atoms with Gasteiger partial charge in [0.25, 0.3) is 0 Å². The van der Waals surface area contributed by atoms with Crippen molar-refractivity contribution in [1.29, 1.82) is 0 Å². The summed E-state index contributed by atoms with van der Waals surface area (Å²) in [5, 5.41) is 5.96. The van der Waals surface area contributed by atoms with Gasteiger partial charge in [0.1, 0.15) is 0 Å². The molecule has 0 aromatic carbocycles. The van der Waals surface area contributed by atoms with Crippen LogP contribution in [-0.2, 0) is 16.4 Å². The van der Waals surface area contributed by atoms with E-state index in [1.54, 1.807) is 0 Å². The van der Waals surface area contributed by atoms with Crippen molar-refractivity contribution in [2.24, 2.45) is 0 Å². The van der Waals surface area contributed by atoms with Crippen molar-refractivity contribution < 1.29 is 8.42 Å². The summed E-state index contributed by atoms with van der Waals surface area (Å²) in [5.74, 6) is 0.480. The van der Waals surface area contributed by atoms with Gasteiger partial charge in [0.05, 0.1) is 6.54 Å². The normalized spacial score (nSPS) is 21.9. The fourth-order valence-corrected chi connectivity index (χ4v) is 2.44. The van der Waals surface area contributed by atoms with Crippen molar-refractivity contribution in [3.63, 3.8) is 0 Å². The van der Waals surface area contributed by atoms with Gasteiger partial charge in [0, 0.05) is 12.8 Å². The minimum atomic E-state index is -3.22. The van der Waals surface area contributed by atoms with Crippen molar-refractivity contribution in [2.75, 3.05) is 18.5 Å². The average molecular weight is 217 g/mol. The fraction of sp³-hybridized carbons (Fsp3) is 0.667. The number of fused-ring (bicyclic) bond motifs is 1. The standard InChI is InChI=1S/C6H11N5O2S/c1-14(12,13)5-4-9-6(7)10-11(4)3-2-8-5/h5,8H,2-3H2,1H3,(H2,7,10). The molecule has 0 fully saturated rings. The lowest BCUT2D eigenvalue weighted by molar-refractivity contribution is 0.443. The maximum absolute atomic E-state index is 11.4. The Morgan fingerprint density at radius 3 is 3.00 bits per heavy atom. The molecule has 0 saturated carbocycles. The van der Waals surface area contributed by atoms with E-state index in [0.29, 0.717) is 18.9 Å².